The van der Waals surface area contributed by atoms with Crippen molar-refractivity contribution in [3.8, 4) is 0 Å². The number of nitrogens with zero attached hydrogens (tertiary/aromatic N) is 1. The largest absolute Gasteiger partial charge is 0.477 e. The van der Waals surface area contributed by atoms with Gasteiger partial charge in [0, 0.05) is 23.9 Å². The molecule has 6 heteroatoms. The normalized spacial score (nSPS) is 14.8. The van der Waals surface area contributed by atoms with E-state index in [0.717, 1.165) is 18.9 Å². The molecule has 1 N–H and O–H groups in total. The summed E-state index contributed by atoms with van der Waals surface area (Å²) in [6.45, 7) is 1.28. The molecule has 1 fully saturated rings. The highest BCUT2D eigenvalue weighted by Gasteiger charge is 2.28. The number of aromatic carboxylic acids is 1. The molecule has 0 bridgehead atoms. The average Bonchev–Trinajstić information content (AvgIpc) is 3.20. The second-order valence-electron chi connectivity index (χ2n) is 5.01. The summed E-state index contributed by atoms with van der Waals surface area (Å²) in [6, 6.07) is 1.00. The number of benzene rings is 1. The van der Waals surface area contributed by atoms with E-state index in [0.29, 0.717) is 0 Å². The van der Waals surface area contributed by atoms with Crippen LogP contribution >= 0.6 is 0 Å². The van der Waals surface area contributed by atoms with Crippen LogP contribution in [0, 0.1) is 18.6 Å². The van der Waals surface area contributed by atoms with Gasteiger partial charge in [-0.1, -0.05) is 0 Å². The minimum atomic E-state index is -1.37. The average molecular weight is 279 g/mol. The maximum absolute atomic E-state index is 13.7. The lowest BCUT2D eigenvalue weighted by Crippen LogP contribution is -2.20. The first kappa shape index (κ1) is 12.8. The zero-order chi connectivity index (χ0) is 14.6. The van der Waals surface area contributed by atoms with Gasteiger partial charge >= 0.3 is 5.97 Å². The highest BCUT2D eigenvalue weighted by atomic mass is 19.2. The van der Waals surface area contributed by atoms with Crippen molar-refractivity contribution in [1.29, 1.82) is 0 Å². The molecule has 0 spiro atoms. The Morgan fingerprint density at radius 2 is 2.05 bits per heavy atom. The van der Waals surface area contributed by atoms with Crippen LogP contribution in [0.5, 0.6) is 0 Å². The Hall–Kier alpha value is -2.24. The minimum absolute atomic E-state index is 0.0421. The van der Waals surface area contributed by atoms with Crippen LogP contribution in [-0.4, -0.2) is 15.6 Å². The number of halogens is 2. The lowest BCUT2D eigenvalue weighted by atomic mass is 10.1. The molecule has 4 nitrogen and oxygen atoms in total. The molecular weight excluding hydrogens is 268 g/mol. The quantitative estimate of drug-likeness (QED) is 0.919. The molecular formula is C14H11F2NO3. The van der Waals surface area contributed by atoms with E-state index in [1.54, 1.807) is 4.57 Å². The number of aromatic nitrogens is 1. The van der Waals surface area contributed by atoms with Gasteiger partial charge in [-0.05, 0) is 19.8 Å². The van der Waals surface area contributed by atoms with Gasteiger partial charge in [-0.15, -0.1) is 0 Å². The smallest absolute Gasteiger partial charge is 0.341 e. The summed E-state index contributed by atoms with van der Waals surface area (Å²) >= 11 is 0. The van der Waals surface area contributed by atoms with Crippen molar-refractivity contribution in [2.75, 3.05) is 0 Å². The highest BCUT2D eigenvalue weighted by Crippen LogP contribution is 2.37. The summed E-state index contributed by atoms with van der Waals surface area (Å²) in [7, 11) is 0. The Balaban J connectivity index is 2.52. The van der Waals surface area contributed by atoms with Gasteiger partial charge in [0.05, 0.1) is 10.9 Å². The van der Waals surface area contributed by atoms with Crippen molar-refractivity contribution in [3.05, 3.63) is 45.2 Å². The number of hydrogen-bond donors (Lipinski definition) is 1. The summed E-state index contributed by atoms with van der Waals surface area (Å²) in [4.78, 5) is 23.3. The van der Waals surface area contributed by atoms with Gasteiger partial charge in [-0.25, -0.2) is 13.6 Å². The lowest BCUT2D eigenvalue weighted by Gasteiger charge is -2.13. The number of pyridine rings is 1. The van der Waals surface area contributed by atoms with E-state index in [2.05, 4.69) is 0 Å². The van der Waals surface area contributed by atoms with E-state index in [4.69, 9.17) is 5.11 Å². The first-order chi connectivity index (χ1) is 9.41. The van der Waals surface area contributed by atoms with E-state index in [1.807, 2.05) is 0 Å². The molecule has 1 aliphatic rings. The number of fused-ring (bicyclic) bond motifs is 1. The fourth-order valence-corrected chi connectivity index (χ4v) is 2.44. The van der Waals surface area contributed by atoms with Crippen LogP contribution in [0.3, 0.4) is 0 Å². The van der Waals surface area contributed by atoms with Gasteiger partial charge in [-0.2, -0.15) is 0 Å². The molecule has 1 aliphatic carbocycles. The zero-order valence-electron chi connectivity index (χ0n) is 10.6. The molecule has 1 saturated carbocycles. The number of rotatable bonds is 2. The Kier molecular flexibility index (Phi) is 2.64. The van der Waals surface area contributed by atoms with Gasteiger partial charge < -0.3 is 9.67 Å². The van der Waals surface area contributed by atoms with Crippen LogP contribution in [0.15, 0.2) is 17.1 Å². The van der Waals surface area contributed by atoms with Crippen molar-refractivity contribution >= 4 is 16.9 Å². The number of carboxylic acids is 1. The molecule has 0 unspecified atom stereocenters. The van der Waals surface area contributed by atoms with Crippen molar-refractivity contribution in [1.82, 2.24) is 4.57 Å². The third kappa shape index (κ3) is 1.71. The standard InChI is InChI=1S/C14H11F2NO3/c1-6-11-10(4-9(15)12(6)16)17(7-2-3-7)5-8(13(11)18)14(19)20/h4-5,7H,2-3H2,1H3,(H,19,20). The summed E-state index contributed by atoms with van der Waals surface area (Å²) in [6.07, 6.45) is 2.88. The van der Waals surface area contributed by atoms with Crippen molar-refractivity contribution in [2.45, 2.75) is 25.8 Å². The summed E-state index contributed by atoms with van der Waals surface area (Å²) in [5, 5.41) is 9.03. The van der Waals surface area contributed by atoms with Crippen LogP contribution < -0.4 is 5.43 Å². The topological polar surface area (TPSA) is 59.3 Å². The van der Waals surface area contributed by atoms with E-state index in [-0.39, 0.29) is 22.5 Å². The van der Waals surface area contributed by atoms with Gasteiger partial charge in [-0.3, -0.25) is 4.79 Å². The van der Waals surface area contributed by atoms with E-state index in [9.17, 15) is 18.4 Å². The van der Waals surface area contributed by atoms with E-state index in [1.165, 1.54) is 13.1 Å². The molecule has 3 rings (SSSR count). The fourth-order valence-electron chi connectivity index (χ4n) is 2.44. The first-order valence-corrected chi connectivity index (χ1v) is 6.18. The van der Waals surface area contributed by atoms with Crippen LogP contribution in [0.4, 0.5) is 8.78 Å². The number of carbonyl (C=O) groups is 1. The van der Waals surface area contributed by atoms with Crippen LogP contribution in [0.25, 0.3) is 10.9 Å². The minimum Gasteiger partial charge on any atom is -0.477 e. The second kappa shape index (κ2) is 4.13. The molecule has 0 atom stereocenters. The van der Waals surface area contributed by atoms with Crippen molar-refractivity contribution < 1.29 is 18.7 Å². The van der Waals surface area contributed by atoms with Gasteiger partial charge in [0.1, 0.15) is 5.56 Å². The Bertz CT molecular complexity index is 806. The summed E-state index contributed by atoms with van der Waals surface area (Å²) in [5.41, 5.74) is -1.10. The number of aryl methyl sites for hydroxylation is 1. The maximum Gasteiger partial charge on any atom is 0.341 e. The monoisotopic (exact) mass is 279 g/mol. The molecule has 1 aromatic heterocycles. The molecule has 0 saturated heterocycles. The molecule has 20 heavy (non-hydrogen) atoms. The van der Waals surface area contributed by atoms with Crippen LogP contribution in [0.1, 0.15) is 34.8 Å². The molecule has 0 amide bonds. The molecule has 0 radical (unpaired) electrons. The molecule has 2 aromatic rings. The number of hydrogen-bond acceptors (Lipinski definition) is 2. The Labute approximate surface area is 112 Å². The Morgan fingerprint density at radius 1 is 1.40 bits per heavy atom. The lowest BCUT2D eigenvalue weighted by molar-refractivity contribution is 0.0695. The third-order valence-electron chi connectivity index (χ3n) is 3.62. The molecule has 1 heterocycles. The van der Waals surface area contributed by atoms with Crippen molar-refractivity contribution in [3.63, 3.8) is 0 Å². The first-order valence-electron chi connectivity index (χ1n) is 6.18. The SMILES string of the molecule is Cc1c(F)c(F)cc2c1c(=O)c(C(=O)O)cn2C1CC1. The third-order valence-corrected chi connectivity index (χ3v) is 3.62. The summed E-state index contributed by atoms with van der Waals surface area (Å²) < 4.78 is 28.8. The second-order valence-corrected chi connectivity index (χ2v) is 5.01. The van der Waals surface area contributed by atoms with E-state index < -0.39 is 28.6 Å². The zero-order valence-corrected chi connectivity index (χ0v) is 10.6. The molecule has 0 aliphatic heterocycles. The maximum atomic E-state index is 13.7. The Morgan fingerprint density at radius 3 is 2.60 bits per heavy atom. The van der Waals surface area contributed by atoms with Crippen LogP contribution in [0.2, 0.25) is 0 Å². The van der Waals surface area contributed by atoms with Crippen molar-refractivity contribution in [2.24, 2.45) is 0 Å². The van der Waals surface area contributed by atoms with Gasteiger partial charge in [0.25, 0.3) is 0 Å². The van der Waals surface area contributed by atoms with Crippen LogP contribution in [-0.2, 0) is 0 Å². The van der Waals surface area contributed by atoms with Gasteiger partial charge in [0.2, 0.25) is 5.43 Å². The van der Waals surface area contributed by atoms with Gasteiger partial charge in [0.15, 0.2) is 11.6 Å². The highest BCUT2D eigenvalue weighted by molar-refractivity contribution is 5.93. The van der Waals surface area contributed by atoms with E-state index >= 15 is 0 Å². The molecule has 1 aromatic carbocycles. The summed E-state index contributed by atoms with van der Waals surface area (Å²) in [5.74, 6) is -3.51. The number of carboxylic acid groups (broad SMARTS) is 1. The molecule has 104 valence electrons. The predicted octanol–water partition coefficient (Wildman–Crippen LogP) is 2.62. The fraction of sp³-hybridized carbons (Fsp3) is 0.286. The predicted molar refractivity (Wildman–Crippen MR) is 68.1 cm³/mol.